The van der Waals surface area contributed by atoms with Crippen LogP contribution in [0.3, 0.4) is 0 Å². The van der Waals surface area contributed by atoms with E-state index < -0.39 is 11.2 Å². The lowest BCUT2D eigenvalue weighted by atomic mass is 10.2. The molecule has 0 amide bonds. The van der Waals surface area contributed by atoms with Crippen LogP contribution in [0.5, 0.6) is 0 Å². The van der Waals surface area contributed by atoms with Crippen molar-refractivity contribution < 1.29 is 0 Å². The van der Waals surface area contributed by atoms with Gasteiger partial charge in [0.25, 0.3) is 5.56 Å². The van der Waals surface area contributed by atoms with Gasteiger partial charge in [-0.05, 0) is 30.4 Å². The van der Waals surface area contributed by atoms with Crippen molar-refractivity contribution in [1.82, 2.24) is 19.1 Å². The molecule has 8 heteroatoms. The highest BCUT2D eigenvalue weighted by molar-refractivity contribution is 7.80. The molecule has 0 aromatic heterocycles. The van der Waals surface area contributed by atoms with Crippen molar-refractivity contribution in [3.63, 3.8) is 0 Å². The van der Waals surface area contributed by atoms with Crippen LogP contribution in [0.1, 0.15) is 12.0 Å². The van der Waals surface area contributed by atoms with Crippen LogP contribution in [0.15, 0.2) is 27.8 Å². The summed E-state index contributed by atoms with van der Waals surface area (Å²) in [6.45, 7) is 0.265. The van der Waals surface area contributed by atoms with E-state index in [0.29, 0.717) is 28.8 Å². The van der Waals surface area contributed by atoms with Crippen molar-refractivity contribution in [2.75, 3.05) is 5.75 Å². The lowest BCUT2D eigenvalue weighted by Gasteiger charge is -2.14. The lowest BCUT2D eigenvalue weighted by molar-refractivity contribution is 0.613. The molecule has 2 aliphatic heterocycles. The molecule has 0 spiro atoms. The monoisotopic (exact) mass is 327 g/mol. The first kappa shape index (κ1) is 15.2. The second kappa shape index (κ2) is 5.85. The molecule has 0 fully saturated rings. The zero-order valence-corrected chi connectivity index (χ0v) is 13.2. The zero-order chi connectivity index (χ0) is 16.6. The number of hydrogen-bond donors (Lipinski definition) is 1. The Kier molecular flexibility index (Phi) is 3.88. The van der Waals surface area contributed by atoms with E-state index in [9.17, 15) is 9.59 Å². The van der Waals surface area contributed by atoms with Crippen LogP contribution in [0.2, 0.25) is 0 Å². The maximum Gasteiger partial charge on any atom is 0.352 e. The third-order valence-electron chi connectivity index (χ3n) is 3.65. The van der Waals surface area contributed by atoms with Crippen LogP contribution in [-0.2, 0) is 13.6 Å². The summed E-state index contributed by atoms with van der Waals surface area (Å²) in [6, 6.07) is 7.02. The van der Waals surface area contributed by atoms with Gasteiger partial charge >= 0.3 is 5.69 Å². The summed E-state index contributed by atoms with van der Waals surface area (Å²) in [5, 5.41) is 9.00. The van der Waals surface area contributed by atoms with Gasteiger partial charge in [-0.15, -0.1) is 0 Å². The van der Waals surface area contributed by atoms with Gasteiger partial charge in [0.2, 0.25) is 0 Å². The van der Waals surface area contributed by atoms with Gasteiger partial charge in [0.1, 0.15) is 0 Å². The van der Waals surface area contributed by atoms with Gasteiger partial charge in [-0.3, -0.25) is 9.36 Å². The van der Waals surface area contributed by atoms with Gasteiger partial charge in [-0.2, -0.15) is 22.9 Å². The van der Waals surface area contributed by atoms with E-state index in [1.807, 2.05) is 0 Å². The molecule has 116 valence electrons. The molecule has 0 N–H and O–H groups in total. The predicted molar refractivity (Wildman–Crippen MR) is 88.8 cm³/mol. The molecule has 2 aliphatic rings. The van der Waals surface area contributed by atoms with Crippen molar-refractivity contribution in [2.24, 2.45) is 7.05 Å². The first-order valence-corrected chi connectivity index (χ1v) is 7.62. The molecular formula is C15H13N5O2S. The number of rotatable bonds is 3. The highest BCUT2D eigenvalue weighted by Crippen LogP contribution is 2.20. The van der Waals surface area contributed by atoms with Gasteiger partial charge in [0, 0.05) is 13.6 Å². The number of nitriles is 1. The molecule has 23 heavy (non-hydrogen) atoms. The number of aromatic nitrogens is 4. The number of nitrogens with zero attached hydrogens (tertiary/aromatic N) is 5. The van der Waals surface area contributed by atoms with Gasteiger partial charge in [0.05, 0.1) is 22.7 Å². The van der Waals surface area contributed by atoms with E-state index >= 15 is 0 Å². The van der Waals surface area contributed by atoms with Crippen molar-refractivity contribution in [1.29, 1.82) is 5.26 Å². The average Bonchev–Trinajstić information content (AvgIpc) is 2.56. The standard InChI is InChI=1S/C15H13N5O2S/c1-19-11-7-9(8-16)3-4-10(11)17-12-13(19)18-15(22)20(14(12)21)5-2-6-23/h3-4,7,23H,2,5-6H2,1H3. The van der Waals surface area contributed by atoms with E-state index in [1.165, 1.54) is 0 Å². The predicted octanol–water partition coefficient (Wildman–Crippen LogP) is 0.787. The smallest absolute Gasteiger partial charge is 0.325 e. The van der Waals surface area contributed by atoms with Crippen LogP contribution >= 0.6 is 12.6 Å². The normalized spacial score (nSPS) is 11.0. The van der Waals surface area contributed by atoms with Crippen LogP contribution in [0, 0.1) is 11.3 Å². The summed E-state index contributed by atoms with van der Waals surface area (Å²) in [4.78, 5) is 33.0. The maximum absolute atomic E-state index is 12.5. The Balaban J connectivity index is 2.38. The quantitative estimate of drug-likeness (QED) is 0.567. The van der Waals surface area contributed by atoms with E-state index in [1.54, 1.807) is 29.8 Å². The summed E-state index contributed by atoms with van der Waals surface area (Å²) in [6.07, 6.45) is 0.594. The Hall–Kier alpha value is -2.66. The molecule has 0 unspecified atom stereocenters. The molecule has 0 radical (unpaired) electrons. The molecule has 1 aromatic rings. The minimum Gasteiger partial charge on any atom is -0.325 e. The molecular weight excluding hydrogens is 314 g/mol. The molecule has 0 atom stereocenters. The van der Waals surface area contributed by atoms with E-state index in [4.69, 9.17) is 5.26 Å². The number of thiol groups is 1. The van der Waals surface area contributed by atoms with E-state index in [2.05, 4.69) is 28.7 Å². The Labute approximate surface area is 136 Å². The fourth-order valence-corrected chi connectivity index (χ4v) is 2.60. The molecule has 3 rings (SSSR count). The third kappa shape index (κ3) is 2.49. The number of aryl methyl sites for hydroxylation is 1. The number of hydrogen-bond acceptors (Lipinski definition) is 6. The largest absolute Gasteiger partial charge is 0.352 e. The first-order valence-electron chi connectivity index (χ1n) is 6.99. The van der Waals surface area contributed by atoms with Crippen LogP contribution in [-0.4, -0.2) is 24.9 Å². The summed E-state index contributed by atoms with van der Waals surface area (Å²) in [5.74, 6) is 0.782. The van der Waals surface area contributed by atoms with E-state index in [0.717, 1.165) is 4.57 Å². The molecule has 0 saturated carbocycles. The first-order chi connectivity index (χ1) is 11.1. The van der Waals surface area contributed by atoms with Gasteiger partial charge in [0.15, 0.2) is 11.5 Å². The molecule has 0 saturated heterocycles. The summed E-state index contributed by atoms with van der Waals surface area (Å²) in [7, 11) is 1.69. The minimum atomic E-state index is -0.600. The third-order valence-corrected chi connectivity index (χ3v) is 3.96. The molecule has 0 bridgehead atoms. The minimum absolute atomic E-state index is 0.142. The zero-order valence-electron chi connectivity index (χ0n) is 12.4. The van der Waals surface area contributed by atoms with Crippen LogP contribution < -0.4 is 11.2 Å². The second-order valence-corrected chi connectivity index (χ2v) is 5.53. The SMILES string of the molecule is Cn1c2nc(=O)n(CCCS)c(=O)c-2nc2ccc(C#N)cc21. The van der Waals surface area contributed by atoms with Crippen LogP contribution in [0.25, 0.3) is 22.6 Å². The molecule has 0 aliphatic carbocycles. The van der Waals surface area contributed by atoms with Gasteiger partial charge in [-0.25, -0.2) is 9.78 Å². The van der Waals surface area contributed by atoms with Crippen LogP contribution in [0.4, 0.5) is 0 Å². The summed E-state index contributed by atoms with van der Waals surface area (Å²) in [5.41, 5.74) is 0.761. The molecule has 2 heterocycles. The maximum atomic E-state index is 12.5. The average molecular weight is 327 g/mol. The number of benzene rings is 1. The van der Waals surface area contributed by atoms with Crippen molar-refractivity contribution in [3.05, 3.63) is 44.6 Å². The summed E-state index contributed by atoms with van der Waals surface area (Å²) < 4.78 is 2.70. The Morgan fingerprint density at radius 1 is 1.30 bits per heavy atom. The second-order valence-electron chi connectivity index (χ2n) is 5.09. The lowest BCUT2D eigenvalue weighted by Crippen LogP contribution is -2.38. The highest BCUT2D eigenvalue weighted by atomic mass is 32.1. The summed E-state index contributed by atoms with van der Waals surface area (Å²) >= 11 is 4.09. The Morgan fingerprint density at radius 2 is 2.09 bits per heavy atom. The van der Waals surface area contributed by atoms with Crippen molar-refractivity contribution >= 4 is 23.7 Å². The Morgan fingerprint density at radius 3 is 2.78 bits per heavy atom. The fourth-order valence-electron chi connectivity index (χ4n) is 2.46. The van der Waals surface area contributed by atoms with Gasteiger partial charge < -0.3 is 4.57 Å². The van der Waals surface area contributed by atoms with E-state index in [-0.39, 0.29) is 18.1 Å². The number of fused-ring (bicyclic) bond motifs is 2. The highest BCUT2D eigenvalue weighted by Gasteiger charge is 2.19. The van der Waals surface area contributed by atoms with Gasteiger partial charge in [-0.1, -0.05) is 0 Å². The fraction of sp³-hybridized carbons (Fsp3) is 0.267. The van der Waals surface area contributed by atoms with Crippen molar-refractivity contribution in [3.8, 4) is 17.6 Å². The molecule has 1 aromatic carbocycles. The molecule has 7 nitrogen and oxygen atoms in total. The topological polar surface area (TPSA) is 93.6 Å². The van der Waals surface area contributed by atoms with Crippen molar-refractivity contribution in [2.45, 2.75) is 13.0 Å². The Bertz CT molecular complexity index is 1030.